The number of ether oxygens (including phenoxy) is 2. The molecule has 6 nitrogen and oxygen atoms in total. The van der Waals surface area contributed by atoms with Crippen molar-refractivity contribution < 1.29 is 9.47 Å². The molecule has 0 bridgehead atoms. The fourth-order valence-corrected chi connectivity index (χ4v) is 4.17. The highest BCUT2D eigenvalue weighted by Gasteiger charge is 2.35. The second-order valence-electron chi connectivity index (χ2n) is 7.20. The van der Waals surface area contributed by atoms with Gasteiger partial charge in [-0.1, -0.05) is 30.3 Å². The van der Waals surface area contributed by atoms with Gasteiger partial charge < -0.3 is 24.3 Å². The van der Waals surface area contributed by atoms with E-state index in [1.807, 2.05) is 6.07 Å². The van der Waals surface area contributed by atoms with Crippen LogP contribution in [0.3, 0.4) is 0 Å². The van der Waals surface area contributed by atoms with Crippen molar-refractivity contribution in [2.75, 3.05) is 49.8 Å². The molecule has 27 heavy (non-hydrogen) atoms. The Morgan fingerprint density at radius 2 is 1.93 bits per heavy atom. The third-order valence-corrected chi connectivity index (χ3v) is 5.57. The Hall–Kier alpha value is -2.31. The molecule has 1 aromatic heterocycles. The van der Waals surface area contributed by atoms with Crippen LogP contribution in [0.4, 0.5) is 11.5 Å². The summed E-state index contributed by atoms with van der Waals surface area (Å²) >= 11 is 0. The highest BCUT2D eigenvalue weighted by atomic mass is 16.5. The van der Waals surface area contributed by atoms with Gasteiger partial charge in [-0.3, -0.25) is 4.79 Å². The molecular formula is C21H27N3O3. The molecule has 2 aliphatic rings. The first-order valence-electron chi connectivity index (χ1n) is 9.65. The summed E-state index contributed by atoms with van der Waals surface area (Å²) < 4.78 is 11.2. The molecule has 6 heteroatoms. The van der Waals surface area contributed by atoms with E-state index in [-0.39, 0.29) is 17.7 Å². The molecule has 0 unspecified atom stereocenters. The lowest BCUT2D eigenvalue weighted by Gasteiger charge is -2.32. The summed E-state index contributed by atoms with van der Waals surface area (Å²) in [7, 11) is 1.78. The Balaban J connectivity index is 1.62. The number of aromatic amines is 1. The van der Waals surface area contributed by atoms with Crippen LogP contribution in [-0.2, 0) is 15.9 Å². The van der Waals surface area contributed by atoms with Gasteiger partial charge in [0.25, 0.3) is 5.56 Å². The largest absolute Gasteiger partial charge is 0.379 e. The second kappa shape index (κ2) is 8.15. The van der Waals surface area contributed by atoms with E-state index < -0.39 is 0 Å². The smallest absolute Gasteiger partial charge is 0.251 e. The van der Waals surface area contributed by atoms with Crippen LogP contribution in [-0.4, -0.2) is 57.1 Å². The van der Waals surface area contributed by atoms with Crippen molar-refractivity contribution in [2.45, 2.75) is 25.0 Å². The summed E-state index contributed by atoms with van der Waals surface area (Å²) in [6.07, 6.45) is 2.00. The van der Waals surface area contributed by atoms with E-state index in [1.165, 1.54) is 5.56 Å². The number of nitrogens with one attached hydrogen (secondary N) is 1. The lowest BCUT2D eigenvalue weighted by molar-refractivity contribution is 0.0953. The van der Waals surface area contributed by atoms with Crippen molar-refractivity contribution in [3.8, 4) is 0 Å². The number of nitrogens with zero attached hydrogens (tertiary/aromatic N) is 2. The van der Waals surface area contributed by atoms with Crippen molar-refractivity contribution in [3.63, 3.8) is 0 Å². The zero-order chi connectivity index (χ0) is 18.6. The third-order valence-electron chi connectivity index (χ3n) is 5.57. The van der Waals surface area contributed by atoms with Crippen molar-refractivity contribution in [1.82, 2.24) is 4.98 Å². The van der Waals surface area contributed by atoms with Crippen LogP contribution in [0.1, 0.15) is 12.0 Å². The molecular weight excluding hydrogens is 342 g/mol. The van der Waals surface area contributed by atoms with E-state index in [2.05, 4.69) is 45.1 Å². The number of anilines is 2. The number of pyridine rings is 1. The molecule has 4 rings (SSSR count). The molecule has 2 atom stereocenters. The van der Waals surface area contributed by atoms with Gasteiger partial charge in [-0.2, -0.15) is 0 Å². The van der Waals surface area contributed by atoms with Gasteiger partial charge >= 0.3 is 0 Å². The fourth-order valence-electron chi connectivity index (χ4n) is 4.17. The van der Waals surface area contributed by atoms with Gasteiger partial charge in [0, 0.05) is 44.6 Å². The zero-order valence-corrected chi connectivity index (χ0v) is 15.8. The van der Waals surface area contributed by atoms with Crippen molar-refractivity contribution >= 4 is 11.5 Å². The van der Waals surface area contributed by atoms with Crippen LogP contribution in [0.15, 0.2) is 47.3 Å². The van der Waals surface area contributed by atoms with Gasteiger partial charge in [0.05, 0.1) is 25.4 Å². The average molecular weight is 369 g/mol. The van der Waals surface area contributed by atoms with Gasteiger partial charge in [0.1, 0.15) is 5.82 Å². The number of benzene rings is 1. The first-order valence-corrected chi connectivity index (χ1v) is 9.65. The highest BCUT2D eigenvalue weighted by molar-refractivity contribution is 5.56. The Kier molecular flexibility index (Phi) is 5.45. The van der Waals surface area contributed by atoms with Crippen molar-refractivity contribution in [1.29, 1.82) is 0 Å². The van der Waals surface area contributed by atoms with Crippen LogP contribution in [0.25, 0.3) is 0 Å². The maximum atomic E-state index is 12.4. The maximum Gasteiger partial charge on any atom is 0.251 e. The number of morpholine rings is 1. The number of hydrogen-bond acceptors (Lipinski definition) is 5. The predicted molar refractivity (Wildman–Crippen MR) is 107 cm³/mol. The fraction of sp³-hybridized carbons (Fsp3) is 0.476. The van der Waals surface area contributed by atoms with Crippen LogP contribution in [0.5, 0.6) is 0 Å². The number of hydrogen-bond donors (Lipinski definition) is 1. The van der Waals surface area contributed by atoms with Crippen molar-refractivity contribution in [2.24, 2.45) is 0 Å². The molecule has 2 fully saturated rings. The average Bonchev–Trinajstić information content (AvgIpc) is 3.11. The Morgan fingerprint density at radius 1 is 1.15 bits per heavy atom. The molecule has 144 valence electrons. The van der Waals surface area contributed by atoms with E-state index in [0.29, 0.717) is 13.2 Å². The van der Waals surface area contributed by atoms with Gasteiger partial charge in [-0.05, 0) is 18.4 Å². The molecule has 0 radical (unpaired) electrons. The number of aromatic nitrogens is 1. The minimum absolute atomic E-state index is 0.0617. The Bertz CT molecular complexity index is 802. The van der Waals surface area contributed by atoms with Crippen LogP contribution in [0.2, 0.25) is 0 Å². The van der Waals surface area contributed by atoms with E-state index in [0.717, 1.165) is 44.0 Å². The highest BCUT2D eigenvalue weighted by Crippen LogP contribution is 2.30. The minimum atomic E-state index is -0.0617. The molecule has 2 aromatic rings. The first-order chi connectivity index (χ1) is 13.2. The molecule has 2 aliphatic heterocycles. The van der Waals surface area contributed by atoms with E-state index in [4.69, 9.17) is 9.47 Å². The number of rotatable bonds is 5. The van der Waals surface area contributed by atoms with Gasteiger partial charge in [-0.15, -0.1) is 0 Å². The van der Waals surface area contributed by atoms with Gasteiger partial charge in [-0.25, -0.2) is 0 Å². The van der Waals surface area contributed by atoms with Crippen LogP contribution >= 0.6 is 0 Å². The third kappa shape index (κ3) is 4.01. The van der Waals surface area contributed by atoms with E-state index >= 15 is 0 Å². The lowest BCUT2D eigenvalue weighted by Crippen LogP contribution is -2.40. The monoisotopic (exact) mass is 369 g/mol. The Labute approximate surface area is 159 Å². The van der Waals surface area contributed by atoms with E-state index in [9.17, 15) is 4.79 Å². The molecule has 0 saturated carbocycles. The summed E-state index contributed by atoms with van der Waals surface area (Å²) in [5, 5.41) is 0. The SMILES string of the molecule is CO[C@@H]1CCN(c2cc(N3CCOCC3)cc(=O)[nH]2)[C@H]1Cc1ccccc1. The van der Waals surface area contributed by atoms with Crippen LogP contribution < -0.4 is 15.4 Å². The van der Waals surface area contributed by atoms with Gasteiger partial charge in [0.2, 0.25) is 0 Å². The second-order valence-corrected chi connectivity index (χ2v) is 7.20. The molecule has 2 saturated heterocycles. The molecule has 3 heterocycles. The van der Waals surface area contributed by atoms with Crippen molar-refractivity contribution in [3.05, 3.63) is 58.4 Å². The predicted octanol–water partition coefficient (Wildman–Crippen LogP) is 2.05. The molecule has 0 spiro atoms. The van der Waals surface area contributed by atoms with Gasteiger partial charge in [0.15, 0.2) is 0 Å². The maximum absolute atomic E-state index is 12.4. The van der Waals surface area contributed by atoms with Crippen LogP contribution in [0, 0.1) is 0 Å². The summed E-state index contributed by atoms with van der Waals surface area (Å²) in [4.78, 5) is 19.9. The number of H-pyrrole nitrogens is 1. The summed E-state index contributed by atoms with van der Waals surface area (Å²) in [5.74, 6) is 0.879. The molecule has 0 aliphatic carbocycles. The number of methoxy groups -OCH3 is 1. The van der Waals surface area contributed by atoms with E-state index in [1.54, 1.807) is 13.2 Å². The lowest BCUT2D eigenvalue weighted by atomic mass is 10.0. The summed E-state index contributed by atoms with van der Waals surface area (Å²) in [6.45, 7) is 3.91. The Morgan fingerprint density at radius 3 is 2.67 bits per heavy atom. The topological polar surface area (TPSA) is 57.8 Å². The molecule has 1 N–H and O–H groups in total. The molecule has 1 aromatic carbocycles. The standard InChI is InChI=1S/C21H27N3O3/c1-26-19-7-8-24(18(19)13-16-5-3-2-4-6-16)20-14-17(15-21(25)22-20)23-9-11-27-12-10-23/h2-6,14-15,18-19H,7-13H2,1H3,(H,22,25)/t18-,19+/m0/s1. The zero-order valence-electron chi connectivity index (χ0n) is 15.8. The normalized spacial score (nSPS) is 23.0. The summed E-state index contributed by atoms with van der Waals surface area (Å²) in [5.41, 5.74) is 2.19. The first kappa shape index (κ1) is 18.1. The summed E-state index contributed by atoms with van der Waals surface area (Å²) in [6, 6.07) is 14.5. The minimum Gasteiger partial charge on any atom is -0.379 e. The molecule has 0 amide bonds. The quantitative estimate of drug-likeness (QED) is 0.874.